The lowest BCUT2D eigenvalue weighted by atomic mass is 10.0. The first-order valence-electron chi connectivity index (χ1n) is 10.3. The lowest BCUT2D eigenvalue weighted by Gasteiger charge is -2.17. The number of alkyl halides is 1. The summed E-state index contributed by atoms with van der Waals surface area (Å²) in [4.78, 5) is 32.5. The largest absolute Gasteiger partial charge is 0.355 e. The number of amides is 1. The lowest BCUT2D eigenvalue weighted by Crippen LogP contribution is -2.19. The van der Waals surface area contributed by atoms with Crippen LogP contribution in [0.3, 0.4) is 0 Å². The molecule has 0 saturated carbocycles. The van der Waals surface area contributed by atoms with Gasteiger partial charge in [0.2, 0.25) is 0 Å². The first kappa shape index (κ1) is 20.8. The van der Waals surface area contributed by atoms with Crippen molar-refractivity contribution in [3.05, 3.63) is 59.9 Å². The van der Waals surface area contributed by atoms with Gasteiger partial charge in [0, 0.05) is 36.1 Å². The molecule has 1 saturated heterocycles. The number of rotatable bonds is 5. The first-order valence-corrected chi connectivity index (χ1v) is 10.3. The van der Waals surface area contributed by atoms with Crippen molar-refractivity contribution in [2.75, 3.05) is 23.3 Å². The standard InChI is InChI=1S/C23H25FN6O/c1-15-18(19-13-25-14-21(29-19)30-8-4-5-9-30)11-17(12-27-15)28-22(31)16-6-7-26-20(10-16)23(2,3)24/h6-7,10-14H,4-5,8-9H2,1-3H3,(H,28,31). The Balaban J connectivity index is 1.59. The first-order chi connectivity index (χ1) is 14.8. The Hall–Kier alpha value is -3.42. The quantitative estimate of drug-likeness (QED) is 0.663. The van der Waals surface area contributed by atoms with Crippen LogP contribution >= 0.6 is 0 Å². The maximum absolute atomic E-state index is 14.2. The molecular formula is C23H25FN6O. The van der Waals surface area contributed by atoms with Crippen LogP contribution in [0.1, 0.15) is 48.4 Å². The van der Waals surface area contributed by atoms with E-state index in [9.17, 15) is 9.18 Å². The highest BCUT2D eigenvalue weighted by atomic mass is 19.1. The molecule has 0 aromatic carbocycles. The van der Waals surface area contributed by atoms with E-state index in [-0.39, 0.29) is 11.6 Å². The number of hydrogen-bond donors (Lipinski definition) is 1. The lowest BCUT2D eigenvalue weighted by molar-refractivity contribution is 0.102. The summed E-state index contributed by atoms with van der Waals surface area (Å²) in [6, 6.07) is 4.85. The second kappa shape index (κ2) is 8.37. The van der Waals surface area contributed by atoms with E-state index >= 15 is 0 Å². The normalized spacial score (nSPS) is 14.0. The maximum atomic E-state index is 14.2. The molecule has 1 aliphatic heterocycles. The molecule has 8 heteroatoms. The summed E-state index contributed by atoms with van der Waals surface area (Å²) in [5.41, 5.74) is 1.72. The van der Waals surface area contributed by atoms with Crippen LogP contribution in [0.15, 0.2) is 43.0 Å². The molecule has 160 valence electrons. The summed E-state index contributed by atoms with van der Waals surface area (Å²) in [6.45, 7) is 6.67. The van der Waals surface area contributed by atoms with E-state index in [4.69, 9.17) is 4.98 Å². The van der Waals surface area contributed by atoms with Gasteiger partial charge in [0.05, 0.1) is 35.7 Å². The number of hydrogen-bond acceptors (Lipinski definition) is 6. The molecule has 3 aromatic heterocycles. The van der Waals surface area contributed by atoms with Gasteiger partial charge in [-0.25, -0.2) is 9.37 Å². The van der Waals surface area contributed by atoms with Crippen molar-refractivity contribution < 1.29 is 9.18 Å². The smallest absolute Gasteiger partial charge is 0.255 e. The van der Waals surface area contributed by atoms with Crippen LogP contribution in [0, 0.1) is 6.92 Å². The molecule has 1 aliphatic rings. The molecule has 3 aromatic rings. The van der Waals surface area contributed by atoms with Gasteiger partial charge in [0.1, 0.15) is 11.5 Å². The zero-order chi connectivity index (χ0) is 22.0. The Morgan fingerprint density at radius 3 is 2.65 bits per heavy atom. The molecule has 4 heterocycles. The van der Waals surface area contributed by atoms with Gasteiger partial charge in [0.15, 0.2) is 0 Å². The average Bonchev–Trinajstić information content (AvgIpc) is 3.30. The van der Waals surface area contributed by atoms with Gasteiger partial charge in [-0.1, -0.05) is 0 Å². The van der Waals surface area contributed by atoms with Gasteiger partial charge in [-0.3, -0.25) is 19.7 Å². The summed E-state index contributed by atoms with van der Waals surface area (Å²) in [6.07, 6.45) is 8.82. The van der Waals surface area contributed by atoms with E-state index in [2.05, 4.69) is 25.2 Å². The van der Waals surface area contributed by atoms with E-state index in [1.54, 1.807) is 24.7 Å². The predicted octanol–water partition coefficient (Wildman–Crippen LogP) is 4.30. The van der Waals surface area contributed by atoms with Crippen LogP contribution in [-0.4, -0.2) is 38.9 Å². The van der Waals surface area contributed by atoms with Crippen LogP contribution in [0.5, 0.6) is 0 Å². The van der Waals surface area contributed by atoms with E-state index in [0.29, 0.717) is 16.9 Å². The second-order valence-electron chi connectivity index (χ2n) is 8.17. The number of nitrogens with one attached hydrogen (secondary N) is 1. The monoisotopic (exact) mass is 420 g/mol. The molecule has 0 atom stereocenters. The Bertz CT molecular complexity index is 1110. The Labute approximate surface area is 180 Å². The Morgan fingerprint density at radius 2 is 1.90 bits per heavy atom. The van der Waals surface area contributed by atoms with Gasteiger partial charge in [-0.15, -0.1) is 0 Å². The topological polar surface area (TPSA) is 83.9 Å². The number of nitrogens with zero attached hydrogens (tertiary/aromatic N) is 5. The van der Waals surface area contributed by atoms with Gasteiger partial charge < -0.3 is 10.2 Å². The van der Waals surface area contributed by atoms with Crippen molar-refractivity contribution >= 4 is 17.4 Å². The molecule has 1 amide bonds. The average molecular weight is 420 g/mol. The molecule has 0 spiro atoms. The number of aromatic nitrogens is 4. The summed E-state index contributed by atoms with van der Waals surface area (Å²) in [5, 5.41) is 2.83. The highest BCUT2D eigenvalue weighted by Crippen LogP contribution is 2.27. The highest BCUT2D eigenvalue weighted by Gasteiger charge is 2.22. The van der Waals surface area contributed by atoms with E-state index in [0.717, 1.165) is 43.0 Å². The second-order valence-corrected chi connectivity index (χ2v) is 8.17. The molecule has 0 unspecified atom stereocenters. The van der Waals surface area contributed by atoms with Crippen LogP contribution in [0.4, 0.5) is 15.9 Å². The SMILES string of the molecule is Cc1ncc(NC(=O)c2ccnc(C(C)(C)F)c2)cc1-c1cncc(N2CCCC2)n1. The zero-order valence-corrected chi connectivity index (χ0v) is 17.9. The fourth-order valence-electron chi connectivity index (χ4n) is 3.54. The summed E-state index contributed by atoms with van der Waals surface area (Å²) < 4.78 is 14.2. The van der Waals surface area contributed by atoms with Gasteiger partial charge in [-0.2, -0.15) is 0 Å². The predicted molar refractivity (Wildman–Crippen MR) is 118 cm³/mol. The minimum atomic E-state index is -1.63. The molecule has 4 rings (SSSR count). The van der Waals surface area contributed by atoms with Gasteiger partial charge >= 0.3 is 0 Å². The number of halogens is 1. The van der Waals surface area contributed by atoms with Crippen LogP contribution in [0.25, 0.3) is 11.3 Å². The fourth-order valence-corrected chi connectivity index (χ4v) is 3.54. The molecule has 7 nitrogen and oxygen atoms in total. The molecule has 1 N–H and O–H groups in total. The fraction of sp³-hybridized carbons (Fsp3) is 0.348. The summed E-state index contributed by atoms with van der Waals surface area (Å²) in [5.74, 6) is 0.489. The minimum Gasteiger partial charge on any atom is -0.355 e. The Morgan fingerprint density at radius 1 is 1.13 bits per heavy atom. The van der Waals surface area contributed by atoms with Crippen molar-refractivity contribution in [2.45, 2.75) is 39.3 Å². The molecule has 31 heavy (non-hydrogen) atoms. The maximum Gasteiger partial charge on any atom is 0.255 e. The van der Waals surface area contributed by atoms with E-state index < -0.39 is 5.67 Å². The van der Waals surface area contributed by atoms with Crippen molar-refractivity contribution in [3.63, 3.8) is 0 Å². The summed E-state index contributed by atoms with van der Waals surface area (Å²) >= 11 is 0. The van der Waals surface area contributed by atoms with Crippen molar-refractivity contribution in [3.8, 4) is 11.3 Å². The molecule has 1 fully saturated rings. The molecule has 0 bridgehead atoms. The minimum absolute atomic E-state index is 0.205. The van der Waals surface area contributed by atoms with Crippen molar-refractivity contribution in [1.82, 2.24) is 19.9 Å². The molecular weight excluding hydrogens is 395 g/mol. The van der Waals surface area contributed by atoms with E-state index in [1.807, 2.05) is 13.0 Å². The van der Waals surface area contributed by atoms with Gasteiger partial charge in [-0.05, 0) is 51.8 Å². The number of pyridine rings is 2. The Kier molecular flexibility index (Phi) is 5.63. The van der Waals surface area contributed by atoms with Gasteiger partial charge in [0.25, 0.3) is 5.91 Å². The summed E-state index contributed by atoms with van der Waals surface area (Å²) in [7, 11) is 0. The molecule has 0 radical (unpaired) electrons. The zero-order valence-electron chi connectivity index (χ0n) is 17.9. The van der Waals surface area contributed by atoms with Crippen molar-refractivity contribution in [2.24, 2.45) is 0 Å². The third-order valence-electron chi connectivity index (χ3n) is 5.30. The van der Waals surface area contributed by atoms with Crippen LogP contribution < -0.4 is 10.2 Å². The highest BCUT2D eigenvalue weighted by molar-refractivity contribution is 6.04. The number of anilines is 2. The third-order valence-corrected chi connectivity index (χ3v) is 5.30. The third kappa shape index (κ3) is 4.68. The van der Waals surface area contributed by atoms with Crippen molar-refractivity contribution in [1.29, 1.82) is 0 Å². The number of carbonyl (C=O) groups excluding carboxylic acids is 1. The molecule has 0 aliphatic carbocycles. The van der Waals surface area contributed by atoms with E-state index in [1.165, 1.54) is 26.1 Å². The van der Waals surface area contributed by atoms with Crippen LogP contribution in [0.2, 0.25) is 0 Å². The van der Waals surface area contributed by atoms with Crippen LogP contribution in [-0.2, 0) is 5.67 Å². The number of carbonyl (C=O) groups is 1. The number of aryl methyl sites for hydroxylation is 1.